The Labute approximate surface area is 134 Å². The van der Waals surface area contributed by atoms with Gasteiger partial charge in [0.05, 0.1) is 13.1 Å². The fourth-order valence-corrected chi connectivity index (χ4v) is 2.69. The largest absolute Gasteiger partial charge is 0.480 e. The maximum atomic E-state index is 12.1. The highest BCUT2D eigenvalue weighted by Crippen LogP contribution is 2.20. The third-order valence-corrected chi connectivity index (χ3v) is 3.85. The molecular formula is C15H20ClN3O3. The Morgan fingerprint density at radius 2 is 1.91 bits per heavy atom. The predicted octanol–water partition coefficient (Wildman–Crippen LogP) is 1.01. The highest BCUT2D eigenvalue weighted by Gasteiger charge is 2.22. The Morgan fingerprint density at radius 3 is 2.50 bits per heavy atom. The zero-order valence-corrected chi connectivity index (χ0v) is 13.3. The van der Waals surface area contributed by atoms with E-state index in [2.05, 4.69) is 4.90 Å². The number of halogens is 1. The number of piperazine rings is 1. The molecule has 0 bridgehead atoms. The molecule has 1 aromatic carbocycles. The lowest BCUT2D eigenvalue weighted by Crippen LogP contribution is -2.51. The van der Waals surface area contributed by atoms with Crippen molar-refractivity contribution >= 4 is 29.2 Å². The summed E-state index contributed by atoms with van der Waals surface area (Å²) >= 11 is 6.00. The van der Waals surface area contributed by atoms with E-state index >= 15 is 0 Å². The van der Waals surface area contributed by atoms with E-state index in [9.17, 15) is 9.59 Å². The molecule has 0 atom stereocenters. The van der Waals surface area contributed by atoms with Gasteiger partial charge in [0, 0.05) is 36.9 Å². The lowest BCUT2D eigenvalue weighted by molar-refractivity contribution is -0.139. The van der Waals surface area contributed by atoms with Crippen molar-refractivity contribution in [2.24, 2.45) is 0 Å². The van der Waals surface area contributed by atoms with Crippen molar-refractivity contribution in [1.29, 1.82) is 0 Å². The smallest absolute Gasteiger partial charge is 0.317 e. The first-order chi connectivity index (χ1) is 10.5. The lowest BCUT2D eigenvalue weighted by atomic mass is 10.2. The van der Waals surface area contributed by atoms with Crippen molar-refractivity contribution in [3.8, 4) is 0 Å². The average molecular weight is 326 g/mol. The van der Waals surface area contributed by atoms with Crippen molar-refractivity contribution < 1.29 is 14.7 Å². The Hall–Kier alpha value is -1.79. The molecule has 1 saturated heterocycles. The molecule has 0 radical (unpaired) electrons. The maximum Gasteiger partial charge on any atom is 0.317 e. The predicted molar refractivity (Wildman–Crippen MR) is 85.4 cm³/mol. The number of rotatable bonds is 5. The van der Waals surface area contributed by atoms with E-state index in [0.29, 0.717) is 18.1 Å². The standard InChI is InChI=1S/C15H20ClN3O3/c1-17(11-15(21)22)10-14(20)19-7-5-18(6-8-19)13-4-2-3-12(16)9-13/h2-4,9H,5-8,10-11H2,1H3,(H,21,22). The molecule has 120 valence electrons. The molecule has 0 unspecified atom stereocenters. The topological polar surface area (TPSA) is 64.1 Å². The van der Waals surface area contributed by atoms with Crippen LogP contribution in [-0.4, -0.2) is 73.1 Å². The zero-order valence-electron chi connectivity index (χ0n) is 12.5. The SMILES string of the molecule is CN(CC(=O)O)CC(=O)N1CCN(c2cccc(Cl)c2)CC1. The van der Waals surface area contributed by atoms with Crippen LogP contribution in [0.15, 0.2) is 24.3 Å². The number of carboxylic acid groups (broad SMARTS) is 1. The number of likely N-dealkylation sites (N-methyl/N-ethyl adjacent to an activating group) is 1. The molecule has 2 rings (SSSR count). The summed E-state index contributed by atoms with van der Waals surface area (Å²) in [7, 11) is 1.63. The molecule has 1 fully saturated rings. The van der Waals surface area contributed by atoms with Crippen LogP contribution in [0.4, 0.5) is 5.69 Å². The Balaban J connectivity index is 1.84. The summed E-state index contributed by atoms with van der Waals surface area (Å²) in [5.74, 6) is -0.962. The number of nitrogens with zero attached hydrogens (tertiary/aromatic N) is 3. The van der Waals surface area contributed by atoms with E-state index in [1.165, 1.54) is 4.90 Å². The molecular weight excluding hydrogens is 306 g/mol. The number of anilines is 1. The molecule has 1 heterocycles. The van der Waals surface area contributed by atoms with E-state index in [1.54, 1.807) is 11.9 Å². The van der Waals surface area contributed by atoms with Gasteiger partial charge in [0.25, 0.3) is 0 Å². The molecule has 1 aromatic rings. The second-order valence-corrected chi connectivity index (χ2v) is 5.85. The first-order valence-electron chi connectivity index (χ1n) is 7.14. The molecule has 0 aromatic heterocycles. The molecule has 1 N–H and O–H groups in total. The van der Waals surface area contributed by atoms with Gasteiger partial charge >= 0.3 is 5.97 Å². The summed E-state index contributed by atoms with van der Waals surface area (Å²) < 4.78 is 0. The lowest BCUT2D eigenvalue weighted by Gasteiger charge is -2.36. The minimum atomic E-state index is -0.930. The van der Waals surface area contributed by atoms with Crippen LogP contribution < -0.4 is 4.90 Å². The van der Waals surface area contributed by atoms with Crippen LogP contribution in [0.5, 0.6) is 0 Å². The summed E-state index contributed by atoms with van der Waals surface area (Å²) in [6.07, 6.45) is 0. The van der Waals surface area contributed by atoms with E-state index in [4.69, 9.17) is 16.7 Å². The Bertz CT molecular complexity index is 545. The van der Waals surface area contributed by atoms with Crippen molar-refractivity contribution in [2.45, 2.75) is 0 Å². The number of carboxylic acids is 1. The van der Waals surface area contributed by atoms with Crippen LogP contribution in [0, 0.1) is 0 Å². The monoisotopic (exact) mass is 325 g/mol. The van der Waals surface area contributed by atoms with Gasteiger partial charge < -0.3 is 14.9 Å². The zero-order chi connectivity index (χ0) is 16.1. The summed E-state index contributed by atoms with van der Waals surface area (Å²) in [6, 6.07) is 7.67. The summed E-state index contributed by atoms with van der Waals surface area (Å²) in [5.41, 5.74) is 1.06. The number of carbonyl (C=O) groups excluding carboxylic acids is 1. The van der Waals surface area contributed by atoms with E-state index in [0.717, 1.165) is 18.8 Å². The highest BCUT2D eigenvalue weighted by atomic mass is 35.5. The van der Waals surface area contributed by atoms with Crippen LogP contribution >= 0.6 is 11.6 Å². The van der Waals surface area contributed by atoms with Gasteiger partial charge in [0.2, 0.25) is 5.91 Å². The number of carbonyl (C=O) groups is 2. The summed E-state index contributed by atoms with van der Waals surface area (Å²) in [5, 5.41) is 9.41. The van der Waals surface area contributed by atoms with Gasteiger partial charge in [0.1, 0.15) is 0 Å². The fourth-order valence-electron chi connectivity index (χ4n) is 2.50. The molecule has 0 aliphatic carbocycles. The van der Waals surface area contributed by atoms with Gasteiger partial charge in [-0.15, -0.1) is 0 Å². The van der Waals surface area contributed by atoms with Crippen molar-refractivity contribution in [3.05, 3.63) is 29.3 Å². The molecule has 22 heavy (non-hydrogen) atoms. The van der Waals surface area contributed by atoms with Crippen LogP contribution in [0.2, 0.25) is 5.02 Å². The first-order valence-corrected chi connectivity index (χ1v) is 7.52. The molecule has 1 amide bonds. The Morgan fingerprint density at radius 1 is 1.23 bits per heavy atom. The van der Waals surface area contributed by atoms with Crippen LogP contribution in [0.1, 0.15) is 0 Å². The van der Waals surface area contributed by atoms with Crippen molar-refractivity contribution in [3.63, 3.8) is 0 Å². The van der Waals surface area contributed by atoms with Crippen molar-refractivity contribution in [2.75, 3.05) is 51.2 Å². The number of amides is 1. The van der Waals surface area contributed by atoms with Gasteiger partial charge in [-0.05, 0) is 25.2 Å². The Kier molecular flexibility index (Phi) is 5.63. The van der Waals surface area contributed by atoms with Crippen LogP contribution in [0.3, 0.4) is 0 Å². The van der Waals surface area contributed by atoms with E-state index in [-0.39, 0.29) is 19.0 Å². The summed E-state index contributed by atoms with van der Waals surface area (Å²) in [4.78, 5) is 28.2. The molecule has 7 heteroatoms. The van der Waals surface area contributed by atoms with Gasteiger partial charge in [-0.25, -0.2) is 0 Å². The van der Waals surface area contributed by atoms with Crippen LogP contribution in [-0.2, 0) is 9.59 Å². The second-order valence-electron chi connectivity index (χ2n) is 5.41. The normalized spacial score (nSPS) is 15.2. The van der Waals surface area contributed by atoms with Gasteiger partial charge in [-0.2, -0.15) is 0 Å². The molecule has 1 aliphatic heterocycles. The van der Waals surface area contributed by atoms with Crippen LogP contribution in [0.25, 0.3) is 0 Å². The van der Waals surface area contributed by atoms with E-state index in [1.807, 2.05) is 24.3 Å². The molecule has 0 saturated carbocycles. The summed E-state index contributed by atoms with van der Waals surface area (Å²) in [6.45, 7) is 2.75. The number of aliphatic carboxylic acids is 1. The van der Waals surface area contributed by atoms with E-state index < -0.39 is 5.97 Å². The van der Waals surface area contributed by atoms with Crippen molar-refractivity contribution in [1.82, 2.24) is 9.80 Å². The second kappa shape index (κ2) is 7.47. The average Bonchev–Trinajstić information content (AvgIpc) is 2.46. The molecule has 0 spiro atoms. The number of benzene rings is 1. The van der Waals surface area contributed by atoms with Gasteiger partial charge in [0.15, 0.2) is 0 Å². The molecule has 6 nitrogen and oxygen atoms in total. The van der Waals surface area contributed by atoms with Gasteiger partial charge in [-0.3, -0.25) is 14.5 Å². The van der Waals surface area contributed by atoms with Gasteiger partial charge in [-0.1, -0.05) is 17.7 Å². The minimum absolute atomic E-state index is 0.0329. The maximum absolute atomic E-state index is 12.1. The fraction of sp³-hybridized carbons (Fsp3) is 0.467. The minimum Gasteiger partial charge on any atom is -0.480 e. The molecule has 1 aliphatic rings. The first kappa shape index (κ1) is 16.6. The quantitative estimate of drug-likeness (QED) is 0.875. The number of hydrogen-bond acceptors (Lipinski definition) is 4. The third kappa shape index (κ3) is 4.61. The third-order valence-electron chi connectivity index (χ3n) is 3.62. The highest BCUT2D eigenvalue weighted by molar-refractivity contribution is 6.30. The number of hydrogen-bond donors (Lipinski definition) is 1.